The van der Waals surface area contributed by atoms with Crippen LogP contribution < -0.4 is 5.32 Å². The van der Waals surface area contributed by atoms with E-state index in [1.54, 1.807) is 7.11 Å². The number of ether oxygens (including phenoxy) is 1. The molecule has 100 valence electrons. The van der Waals surface area contributed by atoms with Crippen LogP contribution in [-0.4, -0.2) is 26.3 Å². The van der Waals surface area contributed by atoms with Crippen molar-refractivity contribution >= 4 is 0 Å². The van der Waals surface area contributed by atoms with Crippen LogP contribution in [-0.2, 0) is 4.74 Å². The number of rotatable bonds is 7. The van der Waals surface area contributed by atoms with Gasteiger partial charge in [0.1, 0.15) is 0 Å². The lowest BCUT2D eigenvalue weighted by molar-refractivity contribution is 0.191. The largest absolute Gasteiger partial charge is 0.383 e. The van der Waals surface area contributed by atoms with Crippen LogP contribution in [0.5, 0.6) is 0 Å². The molecule has 2 heteroatoms. The van der Waals surface area contributed by atoms with Crippen molar-refractivity contribution in [1.29, 1.82) is 0 Å². The highest BCUT2D eigenvalue weighted by Gasteiger charge is 2.43. The van der Waals surface area contributed by atoms with Crippen molar-refractivity contribution in [3.05, 3.63) is 35.9 Å². The van der Waals surface area contributed by atoms with Crippen LogP contribution in [0.25, 0.3) is 0 Å². The van der Waals surface area contributed by atoms with Crippen LogP contribution in [0.4, 0.5) is 0 Å². The van der Waals surface area contributed by atoms with Gasteiger partial charge in [-0.15, -0.1) is 0 Å². The van der Waals surface area contributed by atoms with Gasteiger partial charge in [-0.05, 0) is 36.7 Å². The Balaban J connectivity index is 1.80. The van der Waals surface area contributed by atoms with E-state index in [2.05, 4.69) is 49.5 Å². The van der Waals surface area contributed by atoms with Gasteiger partial charge in [0.25, 0.3) is 0 Å². The summed E-state index contributed by atoms with van der Waals surface area (Å²) in [4.78, 5) is 0. The molecule has 4 unspecified atom stereocenters. The van der Waals surface area contributed by atoms with Crippen molar-refractivity contribution in [3.63, 3.8) is 0 Å². The van der Waals surface area contributed by atoms with Crippen molar-refractivity contribution in [2.45, 2.75) is 32.2 Å². The molecular formula is C16H25NO. The van der Waals surface area contributed by atoms with E-state index in [1.807, 2.05) is 0 Å². The lowest BCUT2D eigenvalue weighted by atomic mass is 9.95. The molecule has 0 aliphatic heterocycles. The zero-order valence-corrected chi connectivity index (χ0v) is 11.7. The molecule has 18 heavy (non-hydrogen) atoms. The summed E-state index contributed by atoms with van der Waals surface area (Å²) >= 11 is 0. The molecule has 0 amide bonds. The van der Waals surface area contributed by atoms with E-state index >= 15 is 0 Å². The Bertz CT molecular complexity index is 351. The van der Waals surface area contributed by atoms with Gasteiger partial charge in [0, 0.05) is 19.7 Å². The minimum atomic E-state index is 0.568. The van der Waals surface area contributed by atoms with Gasteiger partial charge in [-0.25, -0.2) is 0 Å². The minimum absolute atomic E-state index is 0.568. The summed E-state index contributed by atoms with van der Waals surface area (Å²) in [5, 5.41) is 3.55. The number of hydrogen-bond acceptors (Lipinski definition) is 2. The molecule has 0 aromatic heterocycles. The smallest absolute Gasteiger partial charge is 0.0587 e. The molecule has 1 fully saturated rings. The van der Waals surface area contributed by atoms with Gasteiger partial charge in [0.2, 0.25) is 0 Å². The van der Waals surface area contributed by atoms with Crippen LogP contribution in [0.3, 0.4) is 0 Å². The van der Waals surface area contributed by atoms with Crippen LogP contribution in [0.2, 0.25) is 0 Å². The summed E-state index contributed by atoms with van der Waals surface area (Å²) in [7, 11) is 1.75. The second kappa shape index (κ2) is 6.35. The molecule has 0 bridgehead atoms. The minimum Gasteiger partial charge on any atom is -0.383 e. The Morgan fingerprint density at radius 1 is 1.28 bits per heavy atom. The summed E-state index contributed by atoms with van der Waals surface area (Å²) in [6.45, 7) is 6.41. The number of methoxy groups -OCH3 is 1. The summed E-state index contributed by atoms with van der Waals surface area (Å²) < 4.78 is 5.08. The Kier molecular flexibility index (Phi) is 4.79. The summed E-state index contributed by atoms with van der Waals surface area (Å²) in [6.07, 6.45) is 1.35. The Hall–Kier alpha value is -0.860. The van der Waals surface area contributed by atoms with Crippen molar-refractivity contribution in [3.8, 4) is 0 Å². The molecule has 0 heterocycles. The van der Waals surface area contributed by atoms with Crippen LogP contribution in [0, 0.1) is 11.8 Å². The highest BCUT2D eigenvalue weighted by atomic mass is 16.5. The van der Waals surface area contributed by atoms with E-state index < -0.39 is 0 Å². The van der Waals surface area contributed by atoms with Gasteiger partial charge < -0.3 is 10.1 Å². The molecule has 1 aliphatic carbocycles. The van der Waals surface area contributed by atoms with E-state index in [-0.39, 0.29) is 0 Å². The van der Waals surface area contributed by atoms with Crippen molar-refractivity contribution < 1.29 is 4.74 Å². The maximum absolute atomic E-state index is 5.08. The zero-order valence-electron chi connectivity index (χ0n) is 11.7. The first kappa shape index (κ1) is 13.6. The standard InChI is InChI=1S/C16H25NO/c1-12(13(2)17-9-10-18-3)15-11-16(15)14-7-5-4-6-8-14/h4-8,12-13,15-17H,9-11H2,1-3H3. The molecule has 1 N–H and O–H groups in total. The normalized spacial score (nSPS) is 25.7. The third-order valence-electron chi connectivity index (χ3n) is 4.30. The van der Waals surface area contributed by atoms with E-state index in [4.69, 9.17) is 4.74 Å². The first-order chi connectivity index (χ1) is 8.74. The first-order valence-corrected chi connectivity index (χ1v) is 7.01. The highest BCUT2D eigenvalue weighted by Crippen LogP contribution is 2.52. The third-order valence-corrected chi connectivity index (χ3v) is 4.30. The molecule has 1 aromatic rings. The van der Waals surface area contributed by atoms with Crippen molar-refractivity contribution in [2.75, 3.05) is 20.3 Å². The van der Waals surface area contributed by atoms with Gasteiger partial charge in [-0.1, -0.05) is 37.3 Å². The van der Waals surface area contributed by atoms with Gasteiger partial charge in [-0.2, -0.15) is 0 Å². The Labute approximate surface area is 111 Å². The molecule has 0 spiro atoms. The molecule has 0 saturated heterocycles. The molecule has 1 saturated carbocycles. The maximum Gasteiger partial charge on any atom is 0.0587 e. The molecule has 1 aliphatic rings. The average Bonchev–Trinajstić information content (AvgIpc) is 3.19. The monoisotopic (exact) mass is 247 g/mol. The summed E-state index contributed by atoms with van der Waals surface area (Å²) in [6, 6.07) is 11.5. The van der Waals surface area contributed by atoms with E-state index in [0.717, 1.165) is 30.9 Å². The quantitative estimate of drug-likeness (QED) is 0.748. The van der Waals surface area contributed by atoms with E-state index in [9.17, 15) is 0 Å². The Morgan fingerprint density at radius 3 is 2.67 bits per heavy atom. The van der Waals surface area contributed by atoms with Crippen LogP contribution >= 0.6 is 0 Å². The number of hydrogen-bond donors (Lipinski definition) is 1. The van der Waals surface area contributed by atoms with E-state index in [1.165, 1.54) is 12.0 Å². The summed E-state index contributed by atoms with van der Waals surface area (Å²) in [5.41, 5.74) is 1.51. The molecule has 2 nitrogen and oxygen atoms in total. The molecular weight excluding hydrogens is 222 g/mol. The van der Waals surface area contributed by atoms with Gasteiger partial charge in [-0.3, -0.25) is 0 Å². The fourth-order valence-electron chi connectivity index (χ4n) is 2.82. The fourth-order valence-corrected chi connectivity index (χ4v) is 2.82. The fraction of sp³-hybridized carbons (Fsp3) is 0.625. The molecule has 0 radical (unpaired) electrons. The SMILES string of the molecule is COCCNC(C)C(C)C1CC1c1ccccc1. The lowest BCUT2D eigenvalue weighted by Gasteiger charge is -2.21. The van der Waals surface area contributed by atoms with Gasteiger partial charge in [0.05, 0.1) is 6.61 Å². The summed E-state index contributed by atoms with van der Waals surface area (Å²) in [5.74, 6) is 2.36. The van der Waals surface area contributed by atoms with Crippen LogP contribution in [0.1, 0.15) is 31.7 Å². The third kappa shape index (κ3) is 3.33. The molecule has 2 rings (SSSR count). The lowest BCUT2D eigenvalue weighted by Crippen LogP contribution is -2.35. The number of benzene rings is 1. The first-order valence-electron chi connectivity index (χ1n) is 7.01. The predicted octanol–water partition coefficient (Wildman–Crippen LogP) is 3.05. The topological polar surface area (TPSA) is 21.3 Å². The highest BCUT2D eigenvalue weighted by molar-refractivity contribution is 5.26. The molecule has 4 atom stereocenters. The van der Waals surface area contributed by atoms with Crippen LogP contribution in [0.15, 0.2) is 30.3 Å². The predicted molar refractivity (Wildman–Crippen MR) is 75.8 cm³/mol. The van der Waals surface area contributed by atoms with Gasteiger partial charge >= 0.3 is 0 Å². The Morgan fingerprint density at radius 2 is 2.00 bits per heavy atom. The van der Waals surface area contributed by atoms with E-state index in [0.29, 0.717) is 6.04 Å². The van der Waals surface area contributed by atoms with Crippen molar-refractivity contribution in [1.82, 2.24) is 5.32 Å². The zero-order chi connectivity index (χ0) is 13.0. The number of nitrogens with one attached hydrogen (secondary N) is 1. The second-order valence-corrected chi connectivity index (χ2v) is 5.51. The van der Waals surface area contributed by atoms with Gasteiger partial charge in [0.15, 0.2) is 0 Å². The second-order valence-electron chi connectivity index (χ2n) is 5.51. The molecule has 1 aromatic carbocycles. The average molecular weight is 247 g/mol. The van der Waals surface area contributed by atoms with Crippen molar-refractivity contribution in [2.24, 2.45) is 11.8 Å². The maximum atomic E-state index is 5.08.